The van der Waals surface area contributed by atoms with Crippen LogP contribution in [0, 0.1) is 0 Å². The maximum atomic E-state index is 5.93. The Morgan fingerprint density at radius 3 is 2.61 bits per heavy atom. The van der Waals surface area contributed by atoms with E-state index in [9.17, 15) is 0 Å². The first kappa shape index (κ1) is 11.3. The van der Waals surface area contributed by atoms with Crippen LogP contribution in [0.1, 0.15) is 5.56 Å². The Kier molecular flexibility index (Phi) is 2.80. The quantitative estimate of drug-likeness (QED) is 0.788. The molecule has 3 rings (SSSR count). The molecule has 1 heterocycles. The summed E-state index contributed by atoms with van der Waals surface area (Å²) in [4.78, 5) is 0. The summed E-state index contributed by atoms with van der Waals surface area (Å²) in [5.74, 6) is 0.581. The molecule has 2 aromatic carbocycles. The van der Waals surface area contributed by atoms with Crippen molar-refractivity contribution in [2.24, 2.45) is 0 Å². The van der Waals surface area contributed by atoms with Crippen molar-refractivity contribution in [1.29, 1.82) is 0 Å². The van der Waals surface area contributed by atoms with Gasteiger partial charge < -0.3 is 5.73 Å². The van der Waals surface area contributed by atoms with E-state index < -0.39 is 0 Å². The Morgan fingerprint density at radius 1 is 1.06 bits per heavy atom. The van der Waals surface area contributed by atoms with Crippen LogP contribution >= 0.6 is 15.9 Å². The zero-order valence-corrected chi connectivity index (χ0v) is 11.3. The maximum Gasteiger partial charge on any atom is 0.153 e. The highest BCUT2D eigenvalue weighted by Gasteiger charge is 2.08. The van der Waals surface area contributed by atoms with Crippen molar-refractivity contribution in [2.75, 3.05) is 5.73 Å². The predicted octanol–water partition coefficient (Wildman–Crippen LogP) is 3.43. The molecule has 0 fully saturated rings. The van der Waals surface area contributed by atoms with E-state index in [0.29, 0.717) is 12.4 Å². The minimum absolute atomic E-state index is 0.581. The molecule has 0 amide bonds. The number of anilines is 1. The van der Waals surface area contributed by atoms with Gasteiger partial charge in [-0.25, -0.2) is 0 Å². The van der Waals surface area contributed by atoms with Crippen LogP contribution in [0.15, 0.2) is 53.0 Å². The molecule has 90 valence electrons. The lowest BCUT2D eigenvalue weighted by atomic mass is 10.2. The smallest absolute Gasteiger partial charge is 0.153 e. The summed E-state index contributed by atoms with van der Waals surface area (Å²) in [6.07, 6.45) is 0. The highest BCUT2D eigenvalue weighted by molar-refractivity contribution is 9.10. The van der Waals surface area contributed by atoms with E-state index in [-0.39, 0.29) is 0 Å². The summed E-state index contributed by atoms with van der Waals surface area (Å²) in [5.41, 5.74) is 8.17. The molecule has 0 atom stereocenters. The second kappa shape index (κ2) is 4.46. The first-order valence-electron chi connectivity index (χ1n) is 5.70. The molecule has 0 aliphatic rings. The van der Waals surface area contributed by atoms with E-state index in [4.69, 9.17) is 5.73 Å². The molecule has 0 saturated heterocycles. The lowest BCUT2D eigenvalue weighted by molar-refractivity contribution is 0.714. The van der Waals surface area contributed by atoms with E-state index >= 15 is 0 Å². The largest absolute Gasteiger partial charge is 0.382 e. The molecule has 2 N–H and O–H groups in total. The summed E-state index contributed by atoms with van der Waals surface area (Å²) < 4.78 is 3.02. The third-order valence-corrected chi connectivity index (χ3v) is 3.74. The van der Waals surface area contributed by atoms with Crippen LogP contribution in [-0.2, 0) is 6.54 Å². The fourth-order valence-corrected chi connectivity index (χ4v) is 2.47. The van der Waals surface area contributed by atoms with Crippen molar-refractivity contribution in [2.45, 2.75) is 6.54 Å². The molecule has 0 unspecified atom stereocenters. The molecule has 18 heavy (non-hydrogen) atoms. The molecular formula is C14H12BrN3. The molecule has 3 aromatic rings. The summed E-state index contributed by atoms with van der Waals surface area (Å²) in [6.45, 7) is 0.707. The van der Waals surface area contributed by atoms with Crippen molar-refractivity contribution < 1.29 is 0 Å². The van der Waals surface area contributed by atoms with Crippen LogP contribution in [-0.4, -0.2) is 9.78 Å². The fourth-order valence-electron chi connectivity index (χ4n) is 2.06. The van der Waals surface area contributed by atoms with Crippen LogP contribution in [0.2, 0.25) is 0 Å². The molecular weight excluding hydrogens is 290 g/mol. The third kappa shape index (κ3) is 1.88. The second-order valence-electron chi connectivity index (χ2n) is 4.15. The van der Waals surface area contributed by atoms with Crippen LogP contribution < -0.4 is 5.73 Å². The number of halogens is 1. The summed E-state index contributed by atoms with van der Waals surface area (Å²) >= 11 is 3.55. The Hall–Kier alpha value is -1.81. The predicted molar refractivity (Wildman–Crippen MR) is 77.4 cm³/mol. The van der Waals surface area contributed by atoms with Gasteiger partial charge in [0, 0.05) is 9.86 Å². The Labute approximate surface area is 113 Å². The third-order valence-electron chi connectivity index (χ3n) is 2.96. The molecule has 1 aromatic heterocycles. The first-order valence-corrected chi connectivity index (χ1v) is 6.49. The van der Waals surface area contributed by atoms with Crippen molar-refractivity contribution >= 4 is 32.7 Å². The van der Waals surface area contributed by atoms with Crippen LogP contribution in [0.5, 0.6) is 0 Å². The topological polar surface area (TPSA) is 43.8 Å². The number of rotatable bonds is 2. The number of benzene rings is 2. The lowest BCUT2D eigenvalue weighted by Gasteiger charge is -2.05. The number of nitrogens with zero attached hydrogens (tertiary/aromatic N) is 2. The zero-order chi connectivity index (χ0) is 12.5. The Balaban J connectivity index is 2.08. The Bertz CT molecular complexity index is 703. The van der Waals surface area contributed by atoms with Gasteiger partial charge in [0.2, 0.25) is 0 Å². The van der Waals surface area contributed by atoms with Crippen LogP contribution in [0.3, 0.4) is 0 Å². The monoisotopic (exact) mass is 301 g/mol. The van der Waals surface area contributed by atoms with Gasteiger partial charge in [-0.3, -0.25) is 4.68 Å². The standard InChI is InChI=1S/C14H12BrN3/c15-12-7-3-1-5-10(12)9-18-13-8-4-2-6-11(13)14(16)17-18/h1-8H,9H2,(H2,16,17). The van der Waals surface area contributed by atoms with Crippen LogP contribution in [0.4, 0.5) is 5.82 Å². The first-order chi connectivity index (χ1) is 8.75. The minimum Gasteiger partial charge on any atom is -0.382 e. The summed E-state index contributed by atoms with van der Waals surface area (Å²) in [6, 6.07) is 16.1. The van der Waals surface area contributed by atoms with Gasteiger partial charge in [-0.1, -0.05) is 46.3 Å². The van der Waals surface area contributed by atoms with Gasteiger partial charge >= 0.3 is 0 Å². The van der Waals surface area contributed by atoms with E-state index in [1.54, 1.807) is 0 Å². The average Bonchev–Trinajstić information content (AvgIpc) is 2.70. The van der Waals surface area contributed by atoms with Crippen molar-refractivity contribution in [1.82, 2.24) is 9.78 Å². The van der Waals surface area contributed by atoms with E-state index in [1.807, 2.05) is 47.1 Å². The highest BCUT2D eigenvalue weighted by Crippen LogP contribution is 2.23. The van der Waals surface area contributed by atoms with Gasteiger partial charge in [0.05, 0.1) is 12.1 Å². The van der Waals surface area contributed by atoms with E-state index in [2.05, 4.69) is 27.1 Å². The van der Waals surface area contributed by atoms with E-state index in [1.165, 1.54) is 5.56 Å². The average molecular weight is 302 g/mol. The molecule has 0 bridgehead atoms. The normalized spacial score (nSPS) is 10.9. The summed E-state index contributed by atoms with van der Waals surface area (Å²) in [5, 5.41) is 5.40. The molecule has 0 aliphatic heterocycles. The number of hydrogen-bond donors (Lipinski definition) is 1. The highest BCUT2D eigenvalue weighted by atomic mass is 79.9. The molecule has 0 radical (unpaired) electrons. The van der Waals surface area contributed by atoms with Gasteiger partial charge in [-0.2, -0.15) is 5.10 Å². The number of hydrogen-bond acceptors (Lipinski definition) is 2. The SMILES string of the molecule is Nc1nn(Cc2ccccc2Br)c2ccccc12. The van der Waals surface area contributed by atoms with Crippen molar-refractivity contribution in [3.63, 3.8) is 0 Å². The number of fused-ring (bicyclic) bond motifs is 1. The number of para-hydroxylation sites is 1. The number of nitrogens with two attached hydrogens (primary N) is 1. The fraction of sp³-hybridized carbons (Fsp3) is 0.0714. The molecule has 4 heteroatoms. The van der Waals surface area contributed by atoms with Gasteiger partial charge in [0.15, 0.2) is 5.82 Å². The Morgan fingerprint density at radius 2 is 1.78 bits per heavy atom. The molecule has 0 saturated carbocycles. The molecule has 3 nitrogen and oxygen atoms in total. The van der Waals surface area contributed by atoms with Crippen LogP contribution in [0.25, 0.3) is 10.9 Å². The molecule has 0 spiro atoms. The number of aromatic nitrogens is 2. The lowest BCUT2D eigenvalue weighted by Crippen LogP contribution is -2.02. The molecule has 0 aliphatic carbocycles. The number of nitrogen functional groups attached to an aromatic ring is 1. The minimum atomic E-state index is 0.581. The summed E-state index contributed by atoms with van der Waals surface area (Å²) in [7, 11) is 0. The second-order valence-corrected chi connectivity index (χ2v) is 5.01. The van der Waals surface area contributed by atoms with Gasteiger partial charge in [-0.15, -0.1) is 0 Å². The maximum absolute atomic E-state index is 5.93. The van der Waals surface area contributed by atoms with Gasteiger partial charge in [-0.05, 0) is 23.8 Å². The van der Waals surface area contributed by atoms with Gasteiger partial charge in [0.25, 0.3) is 0 Å². The van der Waals surface area contributed by atoms with E-state index in [0.717, 1.165) is 15.4 Å². The van der Waals surface area contributed by atoms with Gasteiger partial charge in [0.1, 0.15) is 0 Å². The van der Waals surface area contributed by atoms with Crippen molar-refractivity contribution in [3.8, 4) is 0 Å². The van der Waals surface area contributed by atoms with Crippen molar-refractivity contribution in [3.05, 3.63) is 58.6 Å². The zero-order valence-electron chi connectivity index (χ0n) is 9.68.